The van der Waals surface area contributed by atoms with E-state index in [0.717, 1.165) is 28.7 Å². The molecular weight excluding hydrogens is 352 g/mol. The first kappa shape index (κ1) is 18.4. The van der Waals surface area contributed by atoms with Crippen molar-refractivity contribution in [1.82, 2.24) is 0 Å². The van der Waals surface area contributed by atoms with Gasteiger partial charge in [-0.1, -0.05) is 19.1 Å². The van der Waals surface area contributed by atoms with Crippen molar-refractivity contribution in [3.63, 3.8) is 0 Å². The van der Waals surface area contributed by atoms with Crippen molar-refractivity contribution in [2.45, 2.75) is 40.2 Å². The van der Waals surface area contributed by atoms with Crippen LogP contribution in [0, 0.1) is 13.8 Å². The standard InChI is InChI=1S/C23H26N2O3/c1-5-17-13-25(19-11-15(4)14(3)10-18(19)24-17)23(26)21-12-16-8-7-9-20(27-6-2)22(16)28-21/h7-12,17,24H,5-6,13H2,1-4H3. The van der Waals surface area contributed by atoms with Gasteiger partial charge in [0.15, 0.2) is 17.1 Å². The van der Waals surface area contributed by atoms with Crippen LogP contribution in [-0.2, 0) is 0 Å². The van der Waals surface area contributed by atoms with Gasteiger partial charge in [0.05, 0.1) is 18.0 Å². The molecule has 2 aromatic carbocycles. The molecule has 4 rings (SSSR count). The number of nitrogens with one attached hydrogen (secondary N) is 1. The Labute approximate surface area is 165 Å². The number of amides is 1. The molecule has 0 spiro atoms. The molecule has 0 bridgehead atoms. The summed E-state index contributed by atoms with van der Waals surface area (Å²) in [5, 5.41) is 4.43. The number of hydrogen-bond acceptors (Lipinski definition) is 4. The van der Waals surface area contributed by atoms with Crippen LogP contribution in [0.3, 0.4) is 0 Å². The normalized spacial score (nSPS) is 16.0. The second-order valence-corrected chi connectivity index (χ2v) is 7.34. The average molecular weight is 378 g/mol. The maximum absolute atomic E-state index is 13.4. The van der Waals surface area contributed by atoms with Crippen molar-refractivity contribution in [2.24, 2.45) is 0 Å². The van der Waals surface area contributed by atoms with E-state index >= 15 is 0 Å². The summed E-state index contributed by atoms with van der Waals surface area (Å²) in [6.07, 6.45) is 0.935. The number of ether oxygens (including phenoxy) is 1. The zero-order valence-electron chi connectivity index (χ0n) is 16.8. The maximum Gasteiger partial charge on any atom is 0.294 e. The van der Waals surface area contributed by atoms with Crippen LogP contribution in [-0.4, -0.2) is 25.1 Å². The van der Waals surface area contributed by atoms with Gasteiger partial charge in [0.2, 0.25) is 0 Å². The Hall–Kier alpha value is -2.95. The number of carbonyl (C=O) groups excluding carboxylic acids is 1. The lowest BCUT2D eigenvalue weighted by Crippen LogP contribution is -2.44. The summed E-state index contributed by atoms with van der Waals surface area (Å²) in [6.45, 7) is 9.38. The Balaban J connectivity index is 1.76. The topological polar surface area (TPSA) is 54.7 Å². The molecule has 28 heavy (non-hydrogen) atoms. The molecule has 0 saturated carbocycles. The number of fused-ring (bicyclic) bond motifs is 2. The fourth-order valence-corrected chi connectivity index (χ4v) is 3.69. The number of nitrogens with zero attached hydrogens (tertiary/aromatic N) is 1. The number of benzene rings is 2. The van der Waals surface area contributed by atoms with Gasteiger partial charge in [-0.15, -0.1) is 0 Å². The van der Waals surface area contributed by atoms with Gasteiger partial charge >= 0.3 is 0 Å². The van der Waals surface area contributed by atoms with E-state index in [0.29, 0.717) is 30.2 Å². The number of carbonyl (C=O) groups is 1. The minimum atomic E-state index is -0.122. The first-order chi connectivity index (χ1) is 13.5. The fourth-order valence-electron chi connectivity index (χ4n) is 3.69. The van der Waals surface area contributed by atoms with Crippen molar-refractivity contribution in [3.8, 4) is 5.75 Å². The molecule has 0 saturated heterocycles. The Bertz CT molecular complexity index is 1040. The largest absolute Gasteiger partial charge is 0.490 e. The molecule has 1 unspecified atom stereocenters. The molecule has 2 heterocycles. The summed E-state index contributed by atoms with van der Waals surface area (Å²) in [5.74, 6) is 0.879. The van der Waals surface area contributed by atoms with Crippen molar-refractivity contribution < 1.29 is 13.9 Å². The second-order valence-electron chi connectivity index (χ2n) is 7.34. The molecule has 1 atom stereocenters. The van der Waals surface area contributed by atoms with E-state index in [2.05, 4.69) is 38.2 Å². The third-order valence-corrected chi connectivity index (χ3v) is 5.42. The SMILES string of the molecule is CCOc1cccc2cc(C(=O)N3CC(CC)Nc4cc(C)c(C)cc43)oc12. The molecular formula is C23H26N2O3. The Kier molecular flexibility index (Phi) is 4.75. The maximum atomic E-state index is 13.4. The van der Waals surface area contributed by atoms with E-state index < -0.39 is 0 Å². The van der Waals surface area contributed by atoms with Crippen LogP contribution >= 0.6 is 0 Å². The summed E-state index contributed by atoms with van der Waals surface area (Å²) in [6, 6.07) is 11.9. The summed E-state index contributed by atoms with van der Waals surface area (Å²) in [4.78, 5) is 15.3. The zero-order valence-corrected chi connectivity index (χ0v) is 16.8. The van der Waals surface area contributed by atoms with Crippen molar-refractivity contribution in [2.75, 3.05) is 23.4 Å². The number of hydrogen-bond donors (Lipinski definition) is 1. The van der Waals surface area contributed by atoms with Gasteiger partial charge in [0.25, 0.3) is 5.91 Å². The average Bonchev–Trinajstić information content (AvgIpc) is 3.13. The van der Waals surface area contributed by atoms with E-state index in [1.165, 1.54) is 5.56 Å². The van der Waals surface area contributed by atoms with E-state index in [9.17, 15) is 4.79 Å². The molecule has 1 aromatic heterocycles. The van der Waals surface area contributed by atoms with Crippen LogP contribution in [0.2, 0.25) is 0 Å². The predicted molar refractivity (Wildman–Crippen MR) is 113 cm³/mol. The Morgan fingerprint density at radius 2 is 2.00 bits per heavy atom. The molecule has 5 nitrogen and oxygen atoms in total. The highest BCUT2D eigenvalue weighted by atomic mass is 16.5. The predicted octanol–water partition coefficient (Wildman–Crippen LogP) is 5.30. The number of rotatable bonds is 4. The lowest BCUT2D eigenvalue weighted by molar-refractivity contribution is 0.0960. The Morgan fingerprint density at radius 1 is 1.21 bits per heavy atom. The van der Waals surface area contributed by atoms with E-state index in [1.54, 1.807) is 0 Å². The van der Waals surface area contributed by atoms with Gasteiger partial charge in [-0.3, -0.25) is 4.79 Å². The smallest absolute Gasteiger partial charge is 0.294 e. The second kappa shape index (κ2) is 7.23. The number of anilines is 2. The molecule has 0 fully saturated rings. The quantitative estimate of drug-likeness (QED) is 0.669. The molecule has 1 aliphatic heterocycles. The summed E-state index contributed by atoms with van der Waals surface area (Å²) >= 11 is 0. The third kappa shape index (κ3) is 3.11. The number of aryl methyl sites for hydroxylation is 2. The van der Waals surface area contributed by atoms with Crippen LogP contribution in [0.4, 0.5) is 11.4 Å². The van der Waals surface area contributed by atoms with Gasteiger partial charge in [-0.2, -0.15) is 0 Å². The molecule has 1 amide bonds. The molecule has 0 aliphatic carbocycles. The van der Waals surface area contributed by atoms with Crippen LogP contribution in [0.1, 0.15) is 41.9 Å². The molecule has 1 aliphatic rings. The first-order valence-electron chi connectivity index (χ1n) is 9.86. The lowest BCUT2D eigenvalue weighted by Gasteiger charge is -2.35. The first-order valence-corrected chi connectivity index (χ1v) is 9.86. The van der Waals surface area contributed by atoms with Gasteiger partial charge in [-0.05, 0) is 62.6 Å². The highest BCUT2D eigenvalue weighted by Gasteiger charge is 2.30. The number of furan rings is 1. The van der Waals surface area contributed by atoms with E-state index in [-0.39, 0.29) is 11.9 Å². The molecule has 146 valence electrons. The van der Waals surface area contributed by atoms with Crippen molar-refractivity contribution >= 4 is 28.3 Å². The van der Waals surface area contributed by atoms with Crippen molar-refractivity contribution in [1.29, 1.82) is 0 Å². The van der Waals surface area contributed by atoms with Crippen LogP contribution in [0.15, 0.2) is 40.8 Å². The van der Waals surface area contributed by atoms with E-state index in [4.69, 9.17) is 9.15 Å². The van der Waals surface area contributed by atoms with Gasteiger partial charge in [0, 0.05) is 18.0 Å². The summed E-state index contributed by atoms with van der Waals surface area (Å²) < 4.78 is 11.6. The van der Waals surface area contributed by atoms with Crippen LogP contribution in [0.25, 0.3) is 11.0 Å². The summed E-state index contributed by atoms with van der Waals surface area (Å²) in [7, 11) is 0. The van der Waals surface area contributed by atoms with Gasteiger partial charge in [-0.25, -0.2) is 0 Å². The van der Waals surface area contributed by atoms with Gasteiger partial charge in [0.1, 0.15) is 0 Å². The van der Waals surface area contributed by atoms with Crippen LogP contribution in [0.5, 0.6) is 5.75 Å². The molecule has 5 heteroatoms. The number of para-hydroxylation sites is 1. The molecule has 3 aromatic rings. The lowest BCUT2D eigenvalue weighted by atomic mass is 10.0. The van der Waals surface area contributed by atoms with E-state index in [1.807, 2.05) is 36.1 Å². The molecule has 1 N–H and O–H groups in total. The molecule has 0 radical (unpaired) electrons. The summed E-state index contributed by atoms with van der Waals surface area (Å²) in [5.41, 5.74) is 4.90. The fraction of sp³-hybridized carbons (Fsp3) is 0.348. The highest BCUT2D eigenvalue weighted by molar-refractivity contribution is 6.09. The van der Waals surface area contributed by atoms with Gasteiger partial charge < -0.3 is 19.4 Å². The highest BCUT2D eigenvalue weighted by Crippen LogP contribution is 2.36. The minimum Gasteiger partial charge on any atom is -0.490 e. The zero-order chi connectivity index (χ0) is 19.8. The van der Waals surface area contributed by atoms with Crippen molar-refractivity contribution in [3.05, 3.63) is 53.3 Å². The minimum absolute atomic E-state index is 0.122. The Morgan fingerprint density at radius 3 is 2.75 bits per heavy atom. The third-order valence-electron chi connectivity index (χ3n) is 5.42. The van der Waals surface area contributed by atoms with Crippen LogP contribution < -0.4 is 15.0 Å². The monoisotopic (exact) mass is 378 g/mol.